The minimum atomic E-state index is 0.606. The standard InChI is InChI=1S/C21H18N6O2S/c1-27-11-12(10-23-27)16-9-15(21-22-6-7-30-21)18-19(25-26-20(18)24-16)14-5-4-13(28-2)8-17(14)29-3/h4-11H,1-3H3,(H,24,25,26). The number of hydrogen-bond acceptors (Lipinski definition) is 7. The average Bonchev–Trinajstić information content (AvgIpc) is 3.53. The van der Waals surface area contributed by atoms with E-state index in [1.54, 1.807) is 42.6 Å². The van der Waals surface area contributed by atoms with E-state index in [2.05, 4.69) is 20.3 Å². The largest absolute Gasteiger partial charge is 0.497 e. The van der Waals surface area contributed by atoms with Crippen LogP contribution in [-0.4, -0.2) is 44.2 Å². The SMILES string of the molecule is COc1ccc(-c2[nH]nc3nc(-c4cnn(C)c4)cc(-c4nccs4)c23)c(OC)c1. The molecule has 0 atom stereocenters. The van der Waals surface area contributed by atoms with Crippen molar-refractivity contribution in [1.82, 2.24) is 29.9 Å². The van der Waals surface area contributed by atoms with Gasteiger partial charge < -0.3 is 9.47 Å². The van der Waals surface area contributed by atoms with Gasteiger partial charge in [0, 0.05) is 47.6 Å². The molecule has 5 aromatic rings. The summed E-state index contributed by atoms with van der Waals surface area (Å²) in [5.41, 5.74) is 4.96. The number of nitrogens with zero attached hydrogens (tertiary/aromatic N) is 5. The number of aryl methyl sites for hydroxylation is 1. The summed E-state index contributed by atoms with van der Waals surface area (Å²) in [4.78, 5) is 9.32. The number of aromatic nitrogens is 6. The maximum atomic E-state index is 5.61. The van der Waals surface area contributed by atoms with Crippen molar-refractivity contribution >= 4 is 22.4 Å². The summed E-state index contributed by atoms with van der Waals surface area (Å²) >= 11 is 1.57. The lowest BCUT2D eigenvalue weighted by molar-refractivity contribution is 0.395. The van der Waals surface area contributed by atoms with Crippen LogP contribution in [0.4, 0.5) is 0 Å². The topological polar surface area (TPSA) is 90.7 Å². The fourth-order valence-electron chi connectivity index (χ4n) is 3.45. The quantitative estimate of drug-likeness (QED) is 0.461. The summed E-state index contributed by atoms with van der Waals surface area (Å²) in [5, 5.41) is 15.7. The van der Waals surface area contributed by atoms with Gasteiger partial charge in [-0.25, -0.2) is 9.97 Å². The highest BCUT2D eigenvalue weighted by molar-refractivity contribution is 7.13. The van der Waals surface area contributed by atoms with Crippen molar-refractivity contribution in [2.45, 2.75) is 0 Å². The van der Waals surface area contributed by atoms with Gasteiger partial charge in [-0.2, -0.15) is 10.2 Å². The summed E-state index contributed by atoms with van der Waals surface area (Å²) in [6.07, 6.45) is 5.52. The number of hydrogen-bond donors (Lipinski definition) is 1. The molecule has 1 aromatic carbocycles. The van der Waals surface area contributed by atoms with E-state index in [4.69, 9.17) is 14.5 Å². The molecule has 1 N–H and O–H groups in total. The van der Waals surface area contributed by atoms with Gasteiger partial charge in [-0.15, -0.1) is 11.3 Å². The van der Waals surface area contributed by atoms with Crippen molar-refractivity contribution in [2.75, 3.05) is 14.2 Å². The lowest BCUT2D eigenvalue weighted by atomic mass is 10.0. The highest BCUT2D eigenvalue weighted by Crippen LogP contribution is 2.41. The number of thiazole rings is 1. The third-order valence-electron chi connectivity index (χ3n) is 4.87. The molecule has 0 aliphatic carbocycles. The molecule has 5 rings (SSSR count). The van der Waals surface area contributed by atoms with Gasteiger partial charge in [0.2, 0.25) is 0 Å². The van der Waals surface area contributed by atoms with Crippen molar-refractivity contribution in [3.8, 4) is 44.6 Å². The maximum absolute atomic E-state index is 5.61. The Morgan fingerprint density at radius 3 is 2.70 bits per heavy atom. The molecule has 0 radical (unpaired) electrons. The van der Waals surface area contributed by atoms with E-state index in [-0.39, 0.29) is 0 Å². The molecule has 9 heteroatoms. The van der Waals surface area contributed by atoms with E-state index in [0.29, 0.717) is 11.4 Å². The molecule has 0 aliphatic rings. The lowest BCUT2D eigenvalue weighted by Crippen LogP contribution is -1.92. The number of ether oxygens (including phenoxy) is 2. The summed E-state index contributed by atoms with van der Waals surface area (Å²) in [6.45, 7) is 0. The first-order valence-electron chi connectivity index (χ1n) is 9.18. The van der Waals surface area contributed by atoms with Crippen molar-refractivity contribution in [3.05, 3.63) is 48.2 Å². The summed E-state index contributed by atoms with van der Waals surface area (Å²) < 4.78 is 12.7. The Morgan fingerprint density at radius 2 is 2.00 bits per heavy atom. The minimum Gasteiger partial charge on any atom is -0.497 e. The first-order valence-corrected chi connectivity index (χ1v) is 10.1. The molecular weight excluding hydrogens is 400 g/mol. The Morgan fingerprint density at radius 1 is 1.10 bits per heavy atom. The number of pyridine rings is 1. The summed E-state index contributed by atoms with van der Waals surface area (Å²) in [6, 6.07) is 7.73. The van der Waals surface area contributed by atoms with Gasteiger partial charge in [0.05, 0.1) is 37.2 Å². The number of methoxy groups -OCH3 is 2. The molecule has 0 amide bonds. The van der Waals surface area contributed by atoms with Gasteiger partial charge in [-0.3, -0.25) is 9.78 Å². The second-order valence-electron chi connectivity index (χ2n) is 6.66. The highest BCUT2D eigenvalue weighted by atomic mass is 32.1. The van der Waals surface area contributed by atoms with Gasteiger partial charge in [0.15, 0.2) is 5.65 Å². The Hall–Kier alpha value is -3.72. The van der Waals surface area contributed by atoms with Gasteiger partial charge in [-0.1, -0.05) is 0 Å². The van der Waals surface area contributed by atoms with Gasteiger partial charge >= 0.3 is 0 Å². The number of nitrogens with one attached hydrogen (secondary N) is 1. The van der Waals surface area contributed by atoms with Crippen LogP contribution in [0.5, 0.6) is 11.5 Å². The zero-order chi connectivity index (χ0) is 20.7. The van der Waals surface area contributed by atoms with Gasteiger partial charge in [0.25, 0.3) is 0 Å². The van der Waals surface area contributed by atoms with Crippen LogP contribution in [0.1, 0.15) is 0 Å². The molecule has 4 heterocycles. The fourth-order valence-corrected chi connectivity index (χ4v) is 4.11. The number of H-pyrrole nitrogens is 1. The molecule has 0 aliphatic heterocycles. The smallest absolute Gasteiger partial charge is 0.182 e. The van der Waals surface area contributed by atoms with E-state index < -0.39 is 0 Å². The molecule has 0 fully saturated rings. The van der Waals surface area contributed by atoms with Crippen LogP contribution in [0.25, 0.3) is 44.1 Å². The second-order valence-corrected chi connectivity index (χ2v) is 7.55. The Bertz CT molecular complexity index is 1340. The summed E-state index contributed by atoms with van der Waals surface area (Å²) in [5.74, 6) is 1.40. The molecule has 30 heavy (non-hydrogen) atoms. The lowest BCUT2D eigenvalue weighted by Gasteiger charge is -2.10. The van der Waals surface area contributed by atoms with Crippen LogP contribution in [0.3, 0.4) is 0 Å². The van der Waals surface area contributed by atoms with Gasteiger partial charge in [0.1, 0.15) is 16.5 Å². The number of fused-ring (bicyclic) bond motifs is 1. The van der Waals surface area contributed by atoms with Crippen LogP contribution in [0.15, 0.2) is 48.2 Å². The van der Waals surface area contributed by atoms with Crippen LogP contribution in [0, 0.1) is 0 Å². The van der Waals surface area contributed by atoms with E-state index in [0.717, 1.165) is 44.2 Å². The monoisotopic (exact) mass is 418 g/mol. The second kappa shape index (κ2) is 7.27. The predicted octanol–water partition coefficient (Wildman–Crippen LogP) is 4.17. The number of benzene rings is 1. The molecule has 150 valence electrons. The maximum Gasteiger partial charge on any atom is 0.182 e. The molecule has 8 nitrogen and oxygen atoms in total. The predicted molar refractivity (Wildman–Crippen MR) is 116 cm³/mol. The molecule has 0 spiro atoms. The third kappa shape index (κ3) is 3.00. The normalized spacial score (nSPS) is 11.2. The van der Waals surface area contributed by atoms with E-state index in [9.17, 15) is 0 Å². The first-order chi connectivity index (χ1) is 14.7. The highest BCUT2D eigenvalue weighted by Gasteiger charge is 2.21. The molecular formula is C21H18N6O2S. The van der Waals surface area contributed by atoms with Crippen molar-refractivity contribution < 1.29 is 9.47 Å². The van der Waals surface area contributed by atoms with Crippen LogP contribution < -0.4 is 9.47 Å². The molecule has 0 saturated carbocycles. The van der Waals surface area contributed by atoms with Gasteiger partial charge in [-0.05, 0) is 18.2 Å². The third-order valence-corrected chi connectivity index (χ3v) is 5.67. The number of rotatable bonds is 5. The number of aromatic amines is 1. The zero-order valence-corrected chi connectivity index (χ0v) is 17.4. The summed E-state index contributed by atoms with van der Waals surface area (Å²) in [7, 11) is 5.15. The van der Waals surface area contributed by atoms with Crippen molar-refractivity contribution in [3.63, 3.8) is 0 Å². The van der Waals surface area contributed by atoms with Crippen LogP contribution >= 0.6 is 11.3 Å². The molecule has 0 bridgehead atoms. The van der Waals surface area contributed by atoms with Crippen LogP contribution in [0.2, 0.25) is 0 Å². The van der Waals surface area contributed by atoms with E-state index in [1.807, 2.05) is 42.9 Å². The molecule has 4 aromatic heterocycles. The zero-order valence-electron chi connectivity index (χ0n) is 16.6. The molecule has 0 unspecified atom stereocenters. The van der Waals surface area contributed by atoms with Crippen molar-refractivity contribution in [2.24, 2.45) is 7.05 Å². The Labute approximate surface area is 176 Å². The van der Waals surface area contributed by atoms with Crippen LogP contribution in [-0.2, 0) is 7.05 Å². The Kier molecular flexibility index (Phi) is 4.44. The van der Waals surface area contributed by atoms with Crippen molar-refractivity contribution in [1.29, 1.82) is 0 Å². The fraction of sp³-hybridized carbons (Fsp3) is 0.143. The van der Waals surface area contributed by atoms with E-state index >= 15 is 0 Å². The minimum absolute atomic E-state index is 0.606. The van der Waals surface area contributed by atoms with E-state index in [1.165, 1.54) is 0 Å². The Balaban J connectivity index is 1.78. The first kappa shape index (κ1) is 18.3. The average molecular weight is 418 g/mol. The molecule has 0 saturated heterocycles.